The standard InChI is InChI=1S/C19H20N4O2/c1-14-6-7-18(21-20-14)25-16-9-11-23(12-16)19(24)13-22-10-8-15-4-2-3-5-17(15)22/h2-8,10,16H,9,11-13H2,1H3. The van der Waals surface area contributed by atoms with Crippen molar-refractivity contribution in [2.75, 3.05) is 13.1 Å². The van der Waals surface area contributed by atoms with E-state index >= 15 is 0 Å². The Labute approximate surface area is 146 Å². The van der Waals surface area contributed by atoms with Gasteiger partial charge in [0.25, 0.3) is 0 Å². The number of aryl methyl sites for hydroxylation is 1. The van der Waals surface area contributed by atoms with Gasteiger partial charge in [-0.1, -0.05) is 18.2 Å². The summed E-state index contributed by atoms with van der Waals surface area (Å²) in [5, 5.41) is 9.17. The number of aromatic nitrogens is 3. The number of carbonyl (C=O) groups excluding carboxylic acids is 1. The molecular formula is C19H20N4O2. The zero-order chi connectivity index (χ0) is 17.2. The third-order valence-electron chi connectivity index (χ3n) is 4.54. The third-order valence-corrected chi connectivity index (χ3v) is 4.54. The average Bonchev–Trinajstić information content (AvgIpc) is 3.25. The maximum Gasteiger partial charge on any atom is 0.242 e. The van der Waals surface area contributed by atoms with Crippen LogP contribution in [0.15, 0.2) is 48.7 Å². The summed E-state index contributed by atoms with van der Waals surface area (Å²) in [5.74, 6) is 0.628. The lowest BCUT2D eigenvalue weighted by Gasteiger charge is -2.17. The number of para-hydroxylation sites is 1. The normalized spacial score (nSPS) is 17.2. The van der Waals surface area contributed by atoms with Gasteiger partial charge in [-0.2, -0.15) is 5.10 Å². The SMILES string of the molecule is Cc1ccc(OC2CCN(C(=O)Cn3ccc4ccccc43)C2)nn1. The Morgan fingerprint density at radius 1 is 1.20 bits per heavy atom. The summed E-state index contributed by atoms with van der Waals surface area (Å²) in [7, 11) is 0. The van der Waals surface area contributed by atoms with Gasteiger partial charge in [-0.25, -0.2) is 0 Å². The number of ether oxygens (including phenoxy) is 1. The van der Waals surface area contributed by atoms with E-state index in [-0.39, 0.29) is 12.0 Å². The molecule has 0 radical (unpaired) electrons. The predicted molar refractivity (Wildman–Crippen MR) is 94.3 cm³/mol. The van der Waals surface area contributed by atoms with Gasteiger partial charge < -0.3 is 14.2 Å². The Morgan fingerprint density at radius 2 is 2.08 bits per heavy atom. The molecule has 3 aromatic rings. The number of nitrogens with zero attached hydrogens (tertiary/aromatic N) is 4. The predicted octanol–water partition coefficient (Wildman–Crippen LogP) is 2.42. The summed E-state index contributed by atoms with van der Waals surface area (Å²) < 4.78 is 7.84. The Morgan fingerprint density at radius 3 is 2.92 bits per heavy atom. The van der Waals surface area contributed by atoms with Crippen LogP contribution in [0.5, 0.6) is 5.88 Å². The molecule has 1 aliphatic heterocycles. The molecule has 2 aromatic heterocycles. The number of rotatable bonds is 4. The van der Waals surface area contributed by atoms with Gasteiger partial charge in [0.1, 0.15) is 12.6 Å². The molecule has 128 valence electrons. The molecule has 0 spiro atoms. The number of fused-ring (bicyclic) bond motifs is 1. The van der Waals surface area contributed by atoms with Crippen LogP contribution in [0.4, 0.5) is 0 Å². The van der Waals surface area contributed by atoms with Crippen molar-refractivity contribution in [1.82, 2.24) is 19.7 Å². The van der Waals surface area contributed by atoms with Crippen molar-refractivity contribution in [2.24, 2.45) is 0 Å². The molecule has 1 fully saturated rings. The van der Waals surface area contributed by atoms with Crippen LogP contribution in [0.1, 0.15) is 12.1 Å². The molecule has 1 unspecified atom stereocenters. The first-order chi connectivity index (χ1) is 12.2. The minimum Gasteiger partial charge on any atom is -0.471 e. The second-order valence-electron chi connectivity index (χ2n) is 6.38. The molecule has 6 nitrogen and oxygen atoms in total. The lowest BCUT2D eigenvalue weighted by Crippen LogP contribution is -2.33. The fourth-order valence-corrected chi connectivity index (χ4v) is 3.20. The van der Waals surface area contributed by atoms with Crippen LogP contribution in [-0.2, 0) is 11.3 Å². The number of hydrogen-bond donors (Lipinski definition) is 0. The van der Waals surface area contributed by atoms with Crippen LogP contribution in [0.3, 0.4) is 0 Å². The van der Waals surface area contributed by atoms with E-state index in [2.05, 4.69) is 16.3 Å². The molecular weight excluding hydrogens is 316 g/mol. The van der Waals surface area contributed by atoms with Crippen LogP contribution in [0.25, 0.3) is 10.9 Å². The summed E-state index contributed by atoms with van der Waals surface area (Å²) in [6.45, 7) is 3.54. The van der Waals surface area contributed by atoms with Gasteiger partial charge in [0, 0.05) is 30.7 Å². The minimum absolute atomic E-state index is 0.0256. The van der Waals surface area contributed by atoms with Crippen LogP contribution < -0.4 is 4.74 Å². The van der Waals surface area contributed by atoms with E-state index in [0.717, 1.165) is 23.0 Å². The summed E-state index contributed by atoms with van der Waals surface area (Å²) in [4.78, 5) is 14.5. The second-order valence-corrected chi connectivity index (χ2v) is 6.38. The van der Waals surface area contributed by atoms with Gasteiger partial charge in [-0.05, 0) is 30.5 Å². The molecule has 6 heteroatoms. The zero-order valence-corrected chi connectivity index (χ0v) is 14.1. The van der Waals surface area contributed by atoms with E-state index in [0.29, 0.717) is 25.5 Å². The first-order valence-electron chi connectivity index (χ1n) is 8.48. The molecule has 25 heavy (non-hydrogen) atoms. The van der Waals surface area contributed by atoms with Gasteiger partial charge in [0.05, 0.1) is 12.2 Å². The molecule has 1 aromatic carbocycles. The maximum absolute atomic E-state index is 12.6. The Balaban J connectivity index is 1.38. The minimum atomic E-state index is -0.0256. The van der Waals surface area contributed by atoms with E-state index in [4.69, 9.17) is 4.74 Å². The van der Waals surface area contributed by atoms with Crippen molar-refractivity contribution in [2.45, 2.75) is 26.0 Å². The molecule has 1 atom stereocenters. The van der Waals surface area contributed by atoms with Crippen LogP contribution in [0.2, 0.25) is 0 Å². The molecule has 3 heterocycles. The monoisotopic (exact) mass is 336 g/mol. The highest BCUT2D eigenvalue weighted by Gasteiger charge is 2.28. The smallest absolute Gasteiger partial charge is 0.242 e. The topological polar surface area (TPSA) is 60.2 Å². The van der Waals surface area contributed by atoms with E-state index < -0.39 is 0 Å². The largest absolute Gasteiger partial charge is 0.471 e. The summed E-state index contributed by atoms with van der Waals surface area (Å²) in [6.07, 6.45) is 2.75. The molecule has 4 rings (SSSR count). The molecule has 1 aliphatic rings. The summed E-state index contributed by atoms with van der Waals surface area (Å²) in [6, 6.07) is 13.8. The molecule has 0 aliphatic carbocycles. The maximum atomic E-state index is 12.6. The van der Waals surface area contributed by atoms with Gasteiger partial charge in [0.15, 0.2) is 0 Å². The van der Waals surface area contributed by atoms with Crippen molar-refractivity contribution < 1.29 is 9.53 Å². The molecule has 1 saturated heterocycles. The van der Waals surface area contributed by atoms with E-state index in [1.807, 2.05) is 59.0 Å². The Bertz CT molecular complexity index is 888. The summed E-state index contributed by atoms with van der Waals surface area (Å²) >= 11 is 0. The first kappa shape index (κ1) is 15.6. The van der Waals surface area contributed by atoms with Crippen LogP contribution in [0, 0.1) is 6.92 Å². The highest BCUT2D eigenvalue weighted by atomic mass is 16.5. The molecule has 1 amide bonds. The fraction of sp³-hybridized carbons (Fsp3) is 0.316. The van der Waals surface area contributed by atoms with Crippen LogP contribution >= 0.6 is 0 Å². The van der Waals surface area contributed by atoms with E-state index in [1.165, 1.54) is 0 Å². The molecule has 0 bridgehead atoms. The zero-order valence-electron chi connectivity index (χ0n) is 14.1. The third kappa shape index (κ3) is 3.33. The van der Waals surface area contributed by atoms with Gasteiger partial charge in [0.2, 0.25) is 11.8 Å². The van der Waals surface area contributed by atoms with Crippen molar-refractivity contribution in [3.8, 4) is 5.88 Å². The fourth-order valence-electron chi connectivity index (χ4n) is 3.20. The number of benzene rings is 1. The quantitative estimate of drug-likeness (QED) is 0.734. The Kier molecular flexibility index (Phi) is 4.09. The van der Waals surface area contributed by atoms with E-state index in [9.17, 15) is 4.79 Å². The lowest BCUT2D eigenvalue weighted by molar-refractivity contribution is -0.131. The van der Waals surface area contributed by atoms with Crippen molar-refractivity contribution >= 4 is 16.8 Å². The average molecular weight is 336 g/mol. The number of likely N-dealkylation sites (tertiary alicyclic amines) is 1. The van der Waals surface area contributed by atoms with Crippen molar-refractivity contribution in [3.63, 3.8) is 0 Å². The van der Waals surface area contributed by atoms with Gasteiger partial charge in [-0.15, -0.1) is 5.10 Å². The number of hydrogen-bond acceptors (Lipinski definition) is 4. The molecule has 0 N–H and O–H groups in total. The summed E-state index contributed by atoms with van der Waals surface area (Å²) in [5.41, 5.74) is 1.94. The molecule has 0 saturated carbocycles. The van der Waals surface area contributed by atoms with Gasteiger partial charge >= 0.3 is 0 Å². The van der Waals surface area contributed by atoms with E-state index in [1.54, 1.807) is 0 Å². The first-order valence-corrected chi connectivity index (χ1v) is 8.48. The second kappa shape index (κ2) is 6.55. The highest BCUT2D eigenvalue weighted by Crippen LogP contribution is 2.18. The lowest BCUT2D eigenvalue weighted by atomic mass is 10.2. The highest BCUT2D eigenvalue weighted by molar-refractivity contribution is 5.83. The number of carbonyl (C=O) groups is 1. The van der Waals surface area contributed by atoms with Crippen molar-refractivity contribution in [1.29, 1.82) is 0 Å². The van der Waals surface area contributed by atoms with Crippen LogP contribution in [-0.4, -0.2) is 44.8 Å². The number of amides is 1. The van der Waals surface area contributed by atoms with Gasteiger partial charge in [-0.3, -0.25) is 4.79 Å². The van der Waals surface area contributed by atoms with Crippen molar-refractivity contribution in [3.05, 3.63) is 54.4 Å². The Hall–Kier alpha value is -2.89.